The van der Waals surface area contributed by atoms with Gasteiger partial charge in [-0.3, -0.25) is 4.79 Å². The summed E-state index contributed by atoms with van der Waals surface area (Å²) in [6.45, 7) is 1.11. The van der Waals surface area contributed by atoms with Crippen LogP contribution in [-0.2, 0) is 21.2 Å². The molecule has 2 heterocycles. The fourth-order valence-corrected chi connectivity index (χ4v) is 5.48. The highest BCUT2D eigenvalue weighted by atomic mass is 32.2. The van der Waals surface area contributed by atoms with Crippen molar-refractivity contribution in [2.75, 3.05) is 24.5 Å². The number of piperidine rings is 1. The van der Waals surface area contributed by atoms with Gasteiger partial charge in [-0.15, -0.1) is 0 Å². The predicted octanol–water partition coefficient (Wildman–Crippen LogP) is 2.82. The van der Waals surface area contributed by atoms with E-state index in [9.17, 15) is 17.6 Å². The Balaban J connectivity index is 1.54. The maximum Gasteiger partial charge on any atom is 0.243 e. The number of rotatable bonds is 3. The molecule has 2 aromatic carbocycles. The summed E-state index contributed by atoms with van der Waals surface area (Å²) in [6.07, 6.45) is 2.09. The average molecular weight is 388 g/mol. The zero-order valence-corrected chi connectivity index (χ0v) is 15.7. The molecule has 1 fully saturated rings. The number of fused-ring (bicyclic) bond motifs is 1. The summed E-state index contributed by atoms with van der Waals surface area (Å²) >= 11 is 0. The van der Waals surface area contributed by atoms with E-state index in [0.29, 0.717) is 25.9 Å². The summed E-state index contributed by atoms with van der Waals surface area (Å²) in [6, 6.07) is 12.8. The van der Waals surface area contributed by atoms with Crippen LogP contribution in [0, 0.1) is 11.7 Å². The van der Waals surface area contributed by atoms with Gasteiger partial charge in [0.1, 0.15) is 5.82 Å². The zero-order valence-electron chi connectivity index (χ0n) is 14.8. The molecule has 0 unspecified atom stereocenters. The SMILES string of the molecule is O=C([C@H]1CCCN(S(=O)(=O)c2cccc(F)c2)C1)N1CCc2ccccc21. The molecule has 1 saturated heterocycles. The Hall–Kier alpha value is -2.25. The molecule has 0 aliphatic carbocycles. The van der Waals surface area contributed by atoms with Crippen LogP contribution in [0.2, 0.25) is 0 Å². The Morgan fingerprint density at radius 2 is 1.89 bits per heavy atom. The molecule has 0 spiro atoms. The van der Waals surface area contributed by atoms with Crippen LogP contribution in [0.4, 0.5) is 10.1 Å². The Labute approximate surface area is 158 Å². The Bertz CT molecular complexity index is 977. The summed E-state index contributed by atoms with van der Waals surface area (Å²) in [7, 11) is -3.81. The van der Waals surface area contributed by atoms with Crippen LogP contribution in [0.3, 0.4) is 0 Å². The summed E-state index contributed by atoms with van der Waals surface area (Å²) in [5.41, 5.74) is 2.07. The van der Waals surface area contributed by atoms with Crippen molar-refractivity contribution in [3.8, 4) is 0 Å². The molecule has 2 aromatic rings. The lowest BCUT2D eigenvalue weighted by molar-refractivity contribution is -0.123. The van der Waals surface area contributed by atoms with Gasteiger partial charge in [-0.2, -0.15) is 4.31 Å². The van der Waals surface area contributed by atoms with Crippen molar-refractivity contribution in [3.63, 3.8) is 0 Å². The van der Waals surface area contributed by atoms with Crippen LogP contribution in [0.15, 0.2) is 53.4 Å². The van der Waals surface area contributed by atoms with Crippen LogP contribution in [0.1, 0.15) is 18.4 Å². The molecule has 4 rings (SSSR count). The van der Waals surface area contributed by atoms with E-state index < -0.39 is 15.8 Å². The van der Waals surface area contributed by atoms with E-state index in [1.165, 1.54) is 22.5 Å². The molecule has 0 aromatic heterocycles. The molecule has 5 nitrogen and oxygen atoms in total. The van der Waals surface area contributed by atoms with Gasteiger partial charge in [0.05, 0.1) is 10.8 Å². The standard InChI is InChI=1S/C20H21FN2O3S/c21-17-7-3-8-18(13-17)27(25,26)22-11-4-6-16(14-22)20(24)23-12-10-15-5-1-2-9-19(15)23/h1-3,5,7-9,13,16H,4,6,10-12,14H2/t16-/m0/s1. The fourth-order valence-electron chi connectivity index (χ4n) is 3.93. The van der Waals surface area contributed by atoms with Crippen molar-refractivity contribution >= 4 is 21.6 Å². The van der Waals surface area contributed by atoms with Gasteiger partial charge in [0.2, 0.25) is 15.9 Å². The molecule has 0 saturated carbocycles. The molecule has 1 amide bonds. The lowest BCUT2D eigenvalue weighted by Gasteiger charge is -2.33. The minimum absolute atomic E-state index is 0.0286. The number of carbonyl (C=O) groups is 1. The Kier molecular flexibility index (Phi) is 4.74. The lowest BCUT2D eigenvalue weighted by Crippen LogP contribution is -2.46. The van der Waals surface area contributed by atoms with Crippen LogP contribution >= 0.6 is 0 Å². The van der Waals surface area contributed by atoms with Crippen LogP contribution in [0.25, 0.3) is 0 Å². The van der Waals surface area contributed by atoms with Gasteiger partial charge in [-0.1, -0.05) is 24.3 Å². The maximum atomic E-state index is 13.5. The first-order valence-electron chi connectivity index (χ1n) is 9.12. The maximum absolute atomic E-state index is 13.5. The molecule has 2 aliphatic rings. The number of halogens is 1. The second-order valence-electron chi connectivity index (χ2n) is 7.03. The van der Waals surface area contributed by atoms with E-state index in [1.54, 1.807) is 4.90 Å². The molecular weight excluding hydrogens is 367 g/mol. The molecular formula is C20H21FN2O3S. The monoisotopic (exact) mass is 388 g/mol. The van der Waals surface area contributed by atoms with Crippen molar-refractivity contribution < 1.29 is 17.6 Å². The number of hydrogen-bond acceptors (Lipinski definition) is 3. The topological polar surface area (TPSA) is 57.7 Å². The Morgan fingerprint density at radius 1 is 1.07 bits per heavy atom. The predicted molar refractivity (Wildman–Crippen MR) is 100 cm³/mol. The molecule has 1 atom stereocenters. The van der Waals surface area contributed by atoms with Gasteiger partial charge in [-0.05, 0) is 49.1 Å². The largest absolute Gasteiger partial charge is 0.312 e. The number of anilines is 1. The minimum atomic E-state index is -3.81. The quantitative estimate of drug-likeness (QED) is 0.812. The van der Waals surface area contributed by atoms with Gasteiger partial charge >= 0.3 is 0 Å². The molecule has 2 aliphatic heterocycles. The number of benzene rings is 2. The summed E-state index contributed by atoms with van der Waals surface area (Å²) in [4.78, 5) is 14.8. The van der Waals surface area contributed by atoms with Crippen molar-refractivity contribution in [1.82, 2.24) is 4.31 Å². The number of amides is 1. The van der Waals surface area contributed by atoms with Crippen LogP contribution in [0.5, 0.6) is 0 Å². The first-order chi connectivity index (χ1) is 13.0. The van der Waals surface area contributed by atoms with Crippen molar-refractivity contribution in [3.05, 3.63) is 59.9 Å². The van der Waals surface area contributed by atoms with E-state index in [0.717, 1.165) is 23.7 Å². The smallest absolute Gasteiger partial charge is 0.243 e. The highest BCUT2D eigenvalue weighted by molar-refractivity contribution is 7.89. The summed E-state index contributed by atoms with van der Waals surface area (Å²) < 4.78 is 40.5. The summed E-state index contributed by atoms with van der Waals surface area (Å²) in [5.74, 6) is -0.998. The van der Waals surface area contributed by atoms with Gasteiger partial charge in [0.15, 0.2) is 0 Å². The molecule has 0 bridgehead atoms. The van der Waals surface area contributed by atoms with Crippen LogP contribution in [-0.4, -0.2) is 38.3 Å². The molecule has 7 heteroatoms. The fraction of sp³-hybridized carbons (Fsp3) is 0.350. The van der Waals surface area contributed by atoms with E-state index in [1.807, 2.05) is 24.3 Å². The van der Waals surface area contributed by atoms with Crippen molar-refractivity contribution in [1.29, 1.82) is 0 Å². The number of carbonyl (C=O) groups excluding carboxylic acids is 1. The average Bonchev–Trinajstić information content (AvgIpc) is 3.11. The molecule has 27 heavy (non-hydrogen) atoms. The molecule has 142 valence electrons. The van der Waals surface area contributed by atoms with E-state index in [-0.39, 0.29) is 23.3 Å². The van der Waals surface area contributed by atoms with Crippen LogP contribution < -0.4 is 4.90 Å². The number of hydrogen-bond donors (Lipinski definition) is 0. The highest BCUT2D eigenvalue weighted by Gasteiger charge is 2.36. The second-order valence-corrected chi connectivity index (χ2v) is 8.97. The first kappa shape index (κ1) is 18.1. The van der Waals surface area contributed by atoms with Gasteiger partial charge < -0.3 is 4.90 Å². The number of sulfonamides is 1. The first-order valence-corrected chi connectivity index (χ1v) is 10.6. The second kappa shape index (κ2) is 7.05. The minimum Gasteiger partial charge on any atom is -0.312 e. The Morgan fingerprint density at radius 3 is 2.70 bits per heavy atom. The number of para-hydroxylation sites is 1. The van der Waals surface area contributed by atoms with E-state index in [2.05, 4.69) is 0 Å². The van der Waals surface area contributed by atoms with Crippen molar-refractivity contribution in [2.24, 2.45) is 5.92 Å². The highest BCUT2D eigenvalue weighted by Crippen LogP contribution is 2.31. The van der Waals surface area contributed by atoms with Crippen molar-refractivity contribution in [2.45, 2.75) is 24.2 Å². The zero-order chi connectivity index (χ0) is 19.0. The van der Waals surface area contributed by atoms with E-state index in [4.69, 9.17) is 0 Å². The third-order valence-electron chi connectivity index (χ3n) is 5.32. The van der Waals surface area contributed by atoms with Gasteiger partial charge in [0, 0.05) is 25.3 Å². The number of nitrogens with zero attached hydrogens (tertiary/aromatic N) is 2. The molecule has 0 N–H and O–H groups in total. The van der Waals surface area contributed by atoms with Gasteiger partial charge in [-0.25, -0.2) is 12.8 Å². The van der Waals surface area contributed by atoms with E-state index >= 15 is 0 Å². The third-order valence-corrected chi connectivity index (χ3v) is 7.18. The third kappa shape index (κ3) is 3.37. The summed E-state index contributed by atoms with van der Waals surface area (Å²) in [5, 5.41) is 0. The molecule has 0 radical (unpaired) electrons. The van der Waals surface area contributed by atoms with Gasteiger partial charge in [0.25, 0.3) is 0 Å². The lowest BCUT2D eigenvalue weighted by atomic mass is 9.98. The normalized spacial score (nSPS) is 20.5.